The Labute approximate surface area is 207 Å². The van der Waals surface area contributed by atoms with Gasteiger partial charge in [0.05, 0.1) is 17.2 Å². The molecule has 0 aromatic heterocycles. The molecule has 9 heteroatoms. The molecule has 3 rings (SSSR count). The molecular weight excluding hydrogens is 470 g/mol. The molecule has 1 aliphatic heterocycles. The summed E-state index contributed by atoms with van der Waals surface area (Å²) in [7, 11) is -3.99. The zero-order chi connectivity index (χ0) is 24.4. The summed E-state index contributed by atoms with van der Waals surface area (Å²) in [6.07, 6.45) is 6.53. The van der Waals surface area contributed by atoms with Gasteiger partial charge < -0.3 is 15.0 Å². The second kappa shape index (κ2) is 13.0. The number of likely N-dealkylation sites (tertiary alicyclic amines) is 1. The fourth-order valence-electron chi connectivity index (χ4n) is 4.02. The SMILES string of the molecule is CCOc1ccccc1N(CC(=O)NCCCN1CCCCC1)S(=O)(=O)c1ccc(SC)cc1. The van der Waals surface area contributed by atoms with E-state index in [2.05, 4.69) is 10.2 Å². The van der Waals surface area contributed by atoms with E-state index in [-0.39, 0.29) is 17.3 Å². The Balaban J connectivity index is 1.75. The molecule has 0 aliphatic carbocycles. The number of carbonyl (C=O) groups is 1. The average molecular weight is 506 g/mol. The molecular formula is C25H35N3O4S2. The average Bonchev–Trinajstić information content (AvgIpc) is 2.86. The molecule has 1 saturated heterocycles. The van der Waals surface area contributed by atoms with Crippen LogP contribution in [0, 0.1) is 0 Å². The Morgan fingerprint density at radius 1 is 1.09 bits per heavy atom. The fraction of sp³-hybridized carbons (Fsp3) is 0.480. The Bertz CT molecular complexity index is 1020. The topological polar surface area (TPSA) is 79.0 Å². The maximum Gasteiger partial charge on any atom is 0.264 e. The first-order chi connectivity index (χ1) is 16.5. The van der Waals surface area contributed by atoms with Crippen molar-refractivity contribution in [3.05, 3.63) is 48.5 Å². The number of hydrogen-bond acceptors (Lipinski definition) is 6. The molecule has 2 aromatic rings. The lowest BCUT2D eigenvalue weighted by atomic mass is 10.1. The highest BCUT2D eigenvalue weighted by atomic mass is 32.2. The summed E-state index contributed by atoms with van der Waals surface area (Å²) >= 11 is 1.54. The lowest BCUT2D eigenvalue weighted by Crippen LogP contribution is -2.42. The molecule has 1 fully saturated rings. The molecule has 186 valence electrons. The number of anilines is 1. The van der Waals surface area contributed by atoms with Gasteiger partial charge in [-0.05, 0) is 88.5 Å². The summed E-state index contributed by atoms with van der Waals surface area (Å²) in [5, 5.41) is 2.90. The van der Waals surface area contributed by atoms with Crippen molar-refractivity contribution in [3.63, 3.8) is 0 Å². The number of amides is 1. The van der Waals surface area contributed by atoms with E-state index in [1.807, 2.05) is 13.2 Å². The maximum atomic E-state index is 13.6. The summed E-state index contributed by atoms with van der Waals surface area (Å²) in [6.45, 7) is 5.59. The summed E-state index contributed by atoms with van der Waals surface area (Å²) in [5.41, 5.74) is 0.349. The van der Waals surface area contributed by atoms with Gasteiger partial charge in [0.2, 0.25) is 5.91 Å². The van der Waals surface area contributed by atoms with Gasteiger partial charge in [-0.25, -0.2) is 8.42 Å². The van der Waals surface area contributed by atoms with Crippen molar-refractivity contribution < 1.29 is 17.9 Å². The second-order valence-corrected chi connectivity index (χ2v) is 10.9. The molecule has 1 aliphatic rings. The van der Waals surface area contributed by atoms with Crippen molar-refractivity contribution in [2.75, 3.05) is 49.9 Å². The lowest BCUT2D eigenvalue weighted by molar-refractivity contribution is -0.119. The first-order valence-corrected chi connectivity index (χ1v) is 14.5. The number of nitrogens with zero attached hydrogens (tertiary/aromatic N) is 2. The van der Waals surface area contributed by atoms with Crippen LogP contribution < -0.4 is 14.4 Å². The minimum absolute atomic E-state index is 0.134. The third-order valence-corrected chi connectivity index (χ3v) is 8.31. The fourth-order valence-corrected chi connectivity index (χ4v) is 5.85. The number of ether oxygens (including phenoxy) is 1. The molecule has 0 unspecified atom stereocenters. The van der Waals surface area contributed by atoms with Gasteiger partial charge in [-0.2, -0.15) is 0 Å². The van der Waals surface area contributed by atoms with Gasteiger partial charge in [0.25, 0.3) is 10.0 Å². The van der Waals surface area contributed by atoms with Gasteiger partial charge in [-0.15, -0.1) is 11.8 Å². The van der Waals surface area contributed by atoms with Gasteiger partial charge >= 0.3 is 0 Å². The van der Waals surface area contributed by atoms with Gasteiger partial charge in [0.1, 0.15) is 12.3 Å². The Kier molecular flexibility index (Phi) is 10.1. The third-order valence-electron chi connectivity index (χ3n) is 5.79. The molecule has 0 radical (unpaired) electrons. The quantitative estimate of drug-likeness (QED) is 0.347. The number of hydrogen-bond donors (Lipinski definition) is 1. The molecule has 2 aromatic carbocycles. The molecule has 0 spiro atoms. The van der Waals surface area contributed by atoms with E-state index < -0.39 is 10.0 Å². The maximum absolute atomic E-state index is 13.6. The Morgan fingerprint density at radius 3 is 2.47 bits per heavy atom. The van der Waals surface area contributed by atoms with Crippen molar-refractivity contribution in [3.8, 4) is 5.75 Å². The van der Waals surface area contributed by atoms with Gasteiger partial charge in [0, 0.05) is 11.4 Å². The normalized spacial score (nSPS) is 14.5. The predicted octanol–water partition coefficient (Wildman–Crippen LogP) is 3.99. The highest BCUT2D eigenvalue weighted by molar-refractivity contribution is 7.98. The van der Waals surface area contributed by atoms with Gasteiger partial charge in [-0.3, -0.25) is 9.10 Å². The number of nitrogens with one attached hydrogen (secondary N) is 1. The molecule has 1 N–H and O–H groups in total. The summed E-state index contributed by atoms with van der Waals surface area (Å²) < 4.78 is 34.1. The summed E-state index contributed by atoms with van der Waals surface area (Å²) in [5.74, 6) is 0.0847. The van der Waals surface area contributed by atoms with Crippen LogP contribution in [0.1, 0.15) is 32.6 Å². The van der Waals surface area contributed by atoms with Gasteiger partial charge in [0.15, 0.2) is 0 Å². The number of benzene rings is 2. The Morgan fingerprint density at radius 2 is 1.79 bits per heavy atom. The lowest BCUT2D eigenvalue weighted by Gasteiger charge is -2.27. The van der Waals surface area contributed by atoms with E-state index in [9.17, 15) is 13.2 Å². The zero-order valence-corrected chi connectivity index (χ0v) is 21.7. The van der Waals surface area contributed by atoms with Crippen LogP contribution >= 0.6 is 11.8 Å². The molecule has 1 amide bonds. The second-order valence-electron chi connectivity index (χ2n) is 8.19. The van der Waals surface area contributed by atoms with Crippen molar-refractivity contribution in [1.82, 2.24) is 10.2 Å². The van der Waals surface area contributed by atoms with Crippen molar-refractivity contribution in [2.24, 2.45) is 0 Å². The first-order valence-electron chi connectivity index (χ1n) is 11.8. The van der Waals surface area contributed by atoms with Crippen LogP contribution in [0.2, 0.25) is 0 Å². The molecule has 0 saturated carbocycles. The third kappa shape index (κ3) is 7.13. The minimum Gasteiger partial charge on any atom is -0.492 e. The predicted molar refractivity (Wildman–Crippen MR) is 138 cm³/mol. The van der Waals surface area contributed by atoms with E-state index in [1.165, 1.54) is 31.0 Å². The monoisotopic (exact) mass is 505 g/mol. The summed E-state index contributed by atoms with van der Waals surface area (Å²) in [4.78, 5) is 16.4. The smallest absolute Gasteiger partial charge is 0.264 e. The van der Waals surface area contributed by atoms with E-state index in [4.69, 9.17) is 4.74 Å². The number of thioether (sulfide) groups is 1. The number of piperidine rings is 1. The highest BCUT2D eigenvalue weighted by Gasteiger charge is 2.29. The number of rotatable bonds is 12. The van der Waals surface area contributed by atoms with Crippen molar-refractivity contribution >= 4 is 33.4 Å². The van der Waals surface area contributed by atoms with E-state index in [0.717, 1.165) is 35.3 Å². The summed E-state index contributed by atoms with van der Waals surface area (Å²) in [6, 6.07) is 13.6. The number of sulfonamides is 1. The number of carbonyl (C=O) groups excluding carboxylic acids is 1. The molecule has 0 bridgehead atoms. The largest absolute Gasteiger partial charge is 0.492 e. The van der Waals surface area contributed by atoms with E-state index >= 15 is 0 Å². The standard InChI is InChI=1S/C25H35N3O4S2/c1-3-32-24-11-6-5-10-23(24)28(34(30,31)22-14-12-21(33-2)13-15-22)20-25(29)26-16-9-19-27-17-7-4-8-18-27/h5-6,10-15H,3-4,7-9,16-20H2,1-2H3,(H,26,29). The Hall–Kier alpha value is -2.23. The van der Waals surface area contributed by atoms with E-state index in [0.29, 0.717) is 24.6 Å². The number of para-hydroxylation sites is 2. The van der Waals surface area contributed by atoms with Crippen molar-refractivity contribution in [2.45, 2.75) is 42.4 Å². The zero-order valence-electron chi connectivity index (χ0n) is 20.0. The van der Waals surface area contributed by atoms with Crippen LogP contribution in [0.4, 0.5) is 5.69 Å². The minimum atomic E-state index is -3.99. The van der Waals surface area contributed by atoms with Crippen LogP contribution in [0.15, 0.2) is 58.3 Å². The van der Waals surface area contributed by atoms with E-state index in [1.54, 1.807) is 48.5 Å². The van der Waals surface area contributed by atoms with Crippen molar-refractivity contribution in [1.29, 1.82) is 0 Å². The van der Waals surface area contributed by atoms with Crippen LogP contribution in [0.25, 0.3) is 0 Å². The van der Waals surface area contributed by atoms with Crippen LogP contribution in [0.5, 0.6) is 5.75 Å². The van der Waals surface area contributed by atoms with Gasteiger partial charge in [-0.1, -0.05) is 18.6 Å². The first kappa shape index (κ1) is 26.4. The molecule has 0 atom stereocenters. The van der Waals surface area contributed by atoms with Crippen LogP contribution in [0.3, 0.4) is 0 Å². The van der Waals surface area contributed by atoms with Crippen LogP contribution in [-0.4, -0.2) is 64.8 Å². The highest BCUT2D eigenvalue weighted by Crippen LogP contribution is 2.32. The van der Waals surface area contributed by atoms with Crippen LogP contribution in [-0.2, 0) is 14.8 Å². The molecule has 7 nitrogen and oxygen atoms in total. The molecule has 34 heavy (non-hydrogen) atoms. The molecule has 1 heterocycles.